The minimum Gasteiger partial charge on any atom is -0.398 e. The van der Waals surface area contributed by atoms with Crippen LogP contribution in [0.5, 0.6) is 0 Å². The summed E-state index contributed by atoms with van der Waals surface area (Å²) >= 11 is 0. The van der Waals surface area contributed by atoms with Gasteiger partial charge in [0.15, 0.2) is 0 Å². The maximum absolute atomic E-state index is 6.03. The molecule has 1 atom stereocenters. The number of rotatable bonds is 1. The van der Waals surface area contributed by atoms with Crippen LogP contribution in [0.4, 0.5) is 0 Å². The highest BCUT2D eigenvalue weighted by Crippen LogP contribution is 2.40. The van der Waals surface area contributed by atoms with Crippen molar-refractivity contribution < 1.29 is 9.31 Å². The van der Waals surface area contributed by atoms with Crippen molar-refractivity contribution in [3.05, 3.63) is 11.7 Å². The standard InChI is InChI=1S/C12H22BNO2/c1-9-7-8-10(14(9)6)13-15-11(2,3)12(4,5)16-13/h8-9H,7H2,1-6H3. The van der Waals surface area contributed by atoms with Gasteiger partial charge in [-0.15, -0.1) is 0 Å². The second kappa shape index (κ2) is 3.51. The van der Waals surface area contributed by atoms with Crippen molar-refractivity contribution in [2.75, 3.05) is 7.05 Å². The molecule has 3 nitrogen and oxygen atoms in total. The molecule has 0 amide bonds. The SMILES string of the molecule is CC1CC=C(B2OC(C)(C)C(C)(C)O2)N1C. The molecule has 2 rings (SSSR count). The lowest BCUT2D eigenvalue weighted by Gasteiger charge is -2.32. The summed E-state index contributed by atoms with van der Waals surface area (Å²) in [5, 5.41) is 0. The Morgan fingerprint density at radius 1 is 1.25 bits per heavy atom. The summed E-state index contributed by atoms with van der Waals surface area (Å²) in [6, 6.07) is 0.550. The zero-order chi connectivity index (χ0) is 12.1. The van der Waals surface area contributed by atoms with Gasteiger partial charge in [-0.3, -0.25) is 0 Å². The van der Waals surface area contributed by atoms with E-state index in [0.29, 0.717) is 6.04 Å². The van der Waals surface area contributed by atoms with E-state index in [1.165, 1.54) is 5.60 Å². The van der Waals surface area contributed by atoms with Crippen LogP contribution in [0.15, 0.2) is 11.7 Å². The number of hydrogen-bond acceptors (Lipinski definition) is 3. The third-order valence-corrected chi connectivity index (χ3v) is 4.23. The average Bonchev–Trinajstić information content (AvgIpc) is 2.54. The molecule has 90 valence electrons. The lowest BCUT2D eigenvalue weighted by Crippen LogP contribution is -2.41. The first kappa shape index (κ1) is 12.0. The number of nitrogens with zero attached hydrogens (tertiary/aromatic N) is 1. The zero-order valence-electron chi connectivity index (χ0n) is 11.2. The maximum atomic E-state index is 6.03. The first-order valence-electron chi connectivity index (χ1n) is 6.03. The maximum Gasteiger partial charge on any atom is 0.511 e. The van der Waals surface area contributed by atoms with Crippen LogP contribution in [0.3, 0.4) is 0 Å². The van der Waals surface area contributed by atoms with E-state index >= 15 is 0 Å². The molecule has 2 aliphatic rings. The van der Waals surface area contributed by atoms with Crippen LogP contribution in [-0.2, 0) is 9.31 Å². The van der Waals surface area contributed by atoms with E-state index in [9.17, 15) is 0 Å². The summed E-state index contributed by atoms with van der Waals surface area (Å²) in [6.45, 7) is 10.6. The van der Waals surface area contributed by atoms with Crippen molar-refractivity contribution in [1.29, 1.82) is 0 Å². The van der Waals surface area contributed by atoms with E-state index in [1.54, 1.807) is 0 Å². The van der Waals surface area contributed by atoms with Gasteiger partial charge in [-0.2, -0.15) is 0 Å². The zero-order valence-corrected chi connectivity index (χ0v) is 11.2. The Kier molecular flexibility index (Phi) is 2.63. The van der Waals surface area contributed by atoms with Crippen molar-refractivity contribution in [2.45, 2.75) is 58.3 Å². The molecular formula is C12H22BNO2. The van der Waals surface area contributed by atoms with Crippen LogP contribution in [0.2, 0.25) is 0 Å². The fourth-order valence-corrected chi connectivity index (χ4v) is 2.07. The number of hydrogen-bond donors (Lipinski definition) is 0. The molecule has 0 bridgehead atoms. The van der Waals surface area contributed by atoms with Crippen LogP contribution in [0.25, 0.3) is 0 Å². The molecule has 16 heavy (non-hydrogen) atoms. The Hall–Kier alpha value is -0.475. The lowest BCUT2D eigenvalue weighted by atomic mass is 9.84. The largest absolute Gasteiger partial charge is 0.511 e. The van der Waals surface area contributed by atoms with Crippen molar-refractivity contribution in [3.8, 4) is 0 Å². The van der Waals surface area contributed by atoms with Gasteiger partial charge in [0.1, 0.15) is 0 Å². The Morgan fingerprint density at radius 2 is 1.75 bits per heavy atom. The normalized spacial score (nSPS) is 32.1. The monoisotopic (exact) mass is 223 g/mol. The molecule has 0 spiro atoms. The van der Waals surface area contributed by atoms with E-state index < -0.39 is 0 Å². The highest BCUT2D eigenvalue weighted by Gasteiger charge is 2.53. The highest BCUT2D eigenvalue weighted by molar-refractivity contribution is 6.54. The molecule has 0 aromatic heterocycles. The summed E-state index contributed by atoms with van der Waals surface area (Å²) in [4.78, 5) is 2.25. The van der Waals surface area contributed by atoms with Crippen molar-refractivity contribution in [3.63, 3.8) is 0 Å². The predicted octanol–water partition coefficient (Wildman–Crippen LogP) is 2.23. The van der Waals surface area contributed by atoms with Gasteiger partial charge in [0.25, 0.3) is 0 Å². The Morgan fingerprint density at radius 3 is 2.12 bits per heavy atom. The van der Waals surface area contributed by atoms with Crippen LogP contribution >= 0.6 is 0 Å². The smallest absolute Gasteiger partial charge is 0.398 e. The van der Waals surface area contributed by atoms with E-state index in [2.05, 4.69) is 52.6 Å². The summed E-state index contributed by atoms with van der Waals surface area (Å²) in [5.41, 5.74) is 0.683. The molecule has 0 radical (unpaired) electrons. The first-order valence-corrected chi connectivity index (χ1v) is 6.03. The van der Waals surface area contributed by atoms with Gasteiger partial charge in [-0.1, -0.05) is 6.08 Å². The van der Waals surface area contributed by atoms with Crippen LogP contribution < -0.4 is 0 Å². The average molecular weight is 223 g/mol. The Labute approximate surface area is 98.9 Å². The van der Waals surface area contributed by atoms with Gasteiger partial charge in [0.2, 0.25) is 0 Å². The highest BCUT2D eigenvalue weighted by atomic mass is 16.7. The molecule has 0 aromatic carbocycles. The van der Waals surface area contributed by atoms with Gasteiger partial charge in [0, 0.05) is 18.7 Å². The summed E-state index contributed by atoms with van der Waals surface area (Å²) in [7, 11) is 1.90. The first-order chi connectivity index (χ1) is 7.24. The molecule has 1 fully saturated rings. The second-order valence-corrected chi connectivity index (χ2v) is 5.91. The molecule has 0 aromatic rings. The fraction of sp³-hybridized carbons (Fsp3) is 0.833. The third-order valence-electron chi connectivity index (χ3n) is 4.23. The molecule has 0 saturated carbocycles. The molecule has 4 heteroatoms. The molecular weight excluding hydrogens is 201 g/mol. The van der Waals surface area contributed by atoms with Gasteiger partial charge < -0.3 is 14.2 Å². The fourth-order valence-electron chi connectivity index (χ4n) is 2.07. The summed E-state index contributed by atoms with van der Waals surface area (Å²) in [6.07, 6.45) is 3.31. The van der Waals surface area contributed by atoms with E-state index in [4.69, 9.17) is 9.31 Å². The summed E-state index contributed by atoms with van der Waals surface area (Å²) < 4.78 is 12.1. The van der Waals surface area contributed by atoms with Gasteiger partial charge in [0.05, 0.1) is 11.2 Å². The predicted molar refractivity (Wildman–Crippen MR) is 66.0 cm³/mol. The quantitative estimate of drug-likeness (QED) is 0.636. The minimum atomic E-state index is -0.245. The molecule has 2 aliphatic heterocycles. The van der Waals surface area contributed by atoms with Crippen LogP contribution in [-0.4, -0.2) is 36.3 Å². The lowest BCUT2D eigenvalue weighted by molar-refractivity contribution is 0.00578. The second-order valence-electron chi connectivity index (χ2n) is 5.91. The minimum absolute atomic E-state index is 0.208. The van der Waals surface area contributed by atoms with Crippen molar-refractivity contribution in [2.24, 2.45) is 0 Å². The topological polar surface area (TPSA) is 21.7 Å². The van der Waals surface area contributed by atoms with Crippen molar-refractivity contribution >= 4 is 7.12 Å². The van der Waals surface area contributed by atoms with E-state index in [0.717, 1.165) is 6.42 Å². The molecule has 0 N–H and O–H groups in total. The van der Waals surface area contributed by atoms with Gasteiger partial charge >= 0.3 is 7.12 Å². The Balaban J connectivity index is 2.16. The van der Waals surface area contributed by atoms with Crippen molar-refractivity contribution in [1.82, 2.24) is 4.90 Å². The third kappa shape index (κ3) is 1.68. The van der Waals surface area contributed by atoms with Crippen LogP contribution in [0.1, 0.15) is 41.0 Å². The van der Waals surface area contributed by atoms with E-state index in [1.807, 2.05) is 0 Å². The summed E-state index contributed by atoms with van der Waals surface area (Å²) in [5.74, 6) is 0. The molecule has 1 saturated heterocycles. The van der Waals surface area contributed by atoms with E-state index in [-0.39, 0.29) is 18.3 Å². The molecule has 1 unspecified atom stereocenters. The van der Waals surface area contributed by atoms with Crippen LogP contribution in [0, 0.1) is 0 Å². The van der Waals surface area contributed by atoms with Gasteiger partial charge in [-0.25, -0.2) is 0 Å². The van der Waals surface area contributed by atoms with Gasteiger partial charge in [-0.05, 0) is 41.0 Å². The molecule has 2 heterocycles. The molecule has 0 aliphatic carbocycles. The Bertz CT molecular complexity index is 309.